The van der Waals surface area contributed by atoms with E-state index in [0.29, 0.717) is 12.2 Å². The molecule has 0 atom stereocenters. The summed E-state index contributed by atoms with van der Waals surface area (Å²) in [6.07, 6.45) is 0. The van der Waals surface area contributed by atoms with E-state index in [1.54, 1.807) is 0 Å². The highest BCUT2D eigenvalue weighted by atomic mass is 16.5. The highest BCUT2D eigenvalue weighted by Gasteiger charge is 2.14. The molecule has 3 rings (SSSR count). The lowest BCUT2D eigenvalue weighted by Gasteiger charge is -2.32. The molecule has 0 unspecified atom stereocenters. The number of carbonyl (C=O) groups excluding carboxylic acids is 1. The zero-order valence-corrected chi connectivity index (χ0v) is 14.1. The topological polar surface area (TPSA) is 32.8 Å². The number of hydrogen-bond acceptors (Lipinski definition) is 4. The van der Waals surface area contributed by atoms with Gasteiger partial charge in [0.25, 0.3) is 0 Å². The van der Waals surface area contributed by atoms with Gasteiger partial charge in [0.15, 0.2) is 0 Å². The first-order valence-electron chi connectivity index (χ1n) is 8.41. The number of rotatable bonds is 5. The highest BCUT2D eigenvalue weighted by Crippen LogP contribution is 2.11. The second-order valence-electron chi connectivity index (χ2n) is 6.34. The summed E-state index contributed by atoms with van der Waals surface area (Å²) in [4.78, 5) is 16.9. The molecule has 4 heteroatoms. The minimum Gasteiger partial charge on any atom is -0.457 e. The van der Waals surface area contributed by atoms with E-state index in [1.807, 2.05) is 54.6 Å². The summed E-state index contributed by atoms with van der Waals surface area (Å²) < 4.78 is 5.36. The van der Waals surface area contributed by atoms with E-state index in [2.05, 4.69) is 16.8 Å². The van der Waals surface area contributed by atoms with Crippen molar-refractivity contribution in [2.24, 2.45) is 0 Å². The first-order valence-corrected chi connectivity index (χ1v) is 8.41. The Bertz CT molecular complexity index is 647. The molecule has 2 aromatic rings. The normalized spacial score (nSPS) is 16.0. The van der Waals surface area contributed by atoms with Gasteiger partial charge in [-0.3, -0.25) is 4.90 Å². The Morgan fingerprint density at radius 3 is 2.25 bits per heavy atom. The van der Waals surface area contributed by atoms with E-state index in [-0.39, 0.29) is 5.97 Å². The Kier molecular flexibility index (Phi) is 5.62. The molecule has 0 saturated carbocycles. The van der Waals surface area contributed by atoms with Gasteiger partial charge in [0.05, 0.1) is 5.56 Å². The van der Waals surface area contributed by atoms with Crippen LogP contribution in [0.25, 0.3) is 0 Å². The van der Waals surface area contributed by atoms with Crippen molar-refractivity contribution in [1.82, 2.24) is 9.80 Å². The summed E-state index contributed by atoms with van der Waals surface area (Å²) in [7, 11) is 2.16. The van der Waals surface area contributed by atoms with Gasteiger partial charge in [-0.2, -0.15) is 0 Å². The second-order valence-corrected chi connectivity index (χ2v) is 6.34. The number of esters is 1. The van der Waals surface area contributed by atoms with Gasteiger partial charge in [-0.1, -0.05) is 42.5 Å². The van der Waals surface area contributed by atoms with Crippen molar-refractivity contribution < 1.29 is 9.53 Å². The predicted octanol–water partition coefficient (Wildman–Crippen LogP) is 2.79. The molecule has 0 radical (unpaired) electrons. The monoisotopic (exact) mass is 324 g/mol. The van der Waals surface area contributed by atoms with Crippen molar-refractivity contribution in [3.05, 3.63) is 71.3 Å². The van der Waals surface area contributed by atoms with Crippen LogP contribution in [0.2, 0.25) is 0 Å². The maximum absolute atomic E-state index is 12.1. The Morgan fingerprint density at radius 2 is 1.58 bits per heavy atom. The van der Waals surface area contributed by atoms with E-state index >= 15 is 0 Å². The van der Waals surface area contributed by atoms with Crippen LogP contribution in [0.15, 0.2) is 54.6 Å². The van der Waals surface area contributed by atoms with Gasteiger partial charge in [-0.05, 0) is 30.3 Å². The molecular weight excluding hydrogens is 300 g/mol. The Morgan fingerprint density at radius 1 is 0.917 bits per heavy atom. The molecular formula is C20H24N2O2. The van der Waals surface area contributed by atoms with Crippen LogP contribution in [-0.4, -0.2) is 49.0 Å². The van der Waals surface area contributed by atoms with Gasteiger partial charge in [0, 0.05) is 32.7 Å². The second kappa shape index (κ2) is 8.08. The van der Waals surface area contributed by atoms with Crippen LogP contribution in [0.3, 0.4) is 0 Å². The van der Waals surface area contributed by atoms with Gasteiger partial charge in [0.1, 0.15) is 6.61 Å². The fourth-order valence-electron chi connectivity index (χ4n) is 2.82. The number of likely N-dealkylation sites (N-methyl/N-ethyl adjacent to an activating group) is 1. The van der Waals surface area contributed by atoms with Crippen LogP contribution in [0.1, 0.15) is 21.5 Å². The molecule has 0 bridgehead atoms. The summed E-state index contributed by atoms with van der Waals surface area (Å²) in [5.41, 5.74) is 2.84. The molecule has 1 heterocycles. The van der Waals surface area contributed by atoms with Crippen molar-refractivity contribution in [1.29, 1.82) is 0 Å². The molecule has 1 aliphatic heterocycles. The van der Waals surface area contributed by atoms with Gasteiger partial charge in [-0.15, -0.1) is 0 Å². The van der Waals surface area contributed by atoms with Crippen molar-refractivity contribution >= 4 is 5.97 Å². The van der Waals surface area contributed by atoms with Gasteiger partial charge in [0.2, 0.25) is 0 Å². The van der Waals surface area contributed by atoms with E-state index in [1.165, 1.54) is 5.56 Å². The molecule has 1 saturated heterocycles. The molecule has 2 aromatic carbocycles. The van der Waals surface area contributed by atoms with Crippen LogP contribution >= 0.6 is 0 Å². The number of nitrogens with zero attached hydrogens (tertiary/aromatic N) is 2. The van der Waals surface area contributed by atoms with Crippen molar-refractivity contribution in [2.45, 2.75) is 13.2 Å². The fraction of sp³-hybridized carbons (Fsp3) is 0.350. The molecule has 0 amide bonds. The zero-order valence-electron chi connectivity index (χ0n) is 14.1. The molecule has 0 spiro atoms. The van der Waals surface area contributed by atoms with Crippen LogP contribution in [0, 0.1) is 0 Å². The lowest BCUT2D eigenvalue weighted by atomic mass is 10.1. The minimum atomic E-state index is -0.273. The van der Waals surface area contributed by atoms with E-state index in [4.69, 9.17) is 4.74 Å². The third kappa shape index (κ3) is 4.66. The SMILES string of the molecule is CN1CCN(Cc2ccc(C(=O)OCc3ccccc3)cc2)CC1. The molecule has 126 valence electrons. The lowest BCUT2D eigenvalue weighted by molar-refractivity contribution is 0.0472. The van der Waals surface area contributed by atoms with Gasteiger partial charge < -0.3 is 9.64 Å². The zero-order chi connectivity index (χ0) is 16.8. The van der Waals surface area contributed by atoms with Crippen LogP contribution in [0.4, 0.5) is 0 Å². The smallest absolute Gasteiger partial charge is 0.338 e. The number of carbonyl (C=O) groups is 1. The van der Waals surface area contributed by atoms with Crippen LogP contribution < -0.4 is 0 Å². The standard InChI is InChI=1S/C20H24N2O2/c1-21-11-13-22(14-12-21)15-17-7-9-19(10-8-17)20(23)24-16-18-5-3-2-4-6-18/h2-10H,11-16H2,1H3. The first-order chi connectivity index (χ1) is 11.7. The Balaban J connectivity index is 1.51. The summed E-state index contributed by atoms with van der Waals surface area (Å²) in [6.45, 7) is 5.67. The molecule has 24 heavy (non-hydrogen) atoms. The molecule has 4 nitrogen and oxygen atoms in total. The Labute approximate surface area is 143 Å². The maximum atomic E-state index is 12.1. The van der Waals surface area contributed by atoms with E-state index in [9.17, 15) is 4.79 Å². The van der Waals surface area contributed by atoms with Crippen LogP contribution in [0.5, 0.6) is 0 Å². The molecule has 1 fully saturated rings. The van der Waals surface area contributed by atoms with Gasteiger partial charge >= 0.3 is 5.97 Å². The fourth-order valence-corrected chi connectivity index (χ4v) is 2.82. The molecule has 0 aromatic heterocycles. The number of ether oxygens (including phenoxy) is 1. The Hall–Kier alpha value is -2.17. The minimum absolute atomic E-state index is 0.273. The average Bonchev–Trinajstić information content (AvgIpc) is 2.63. The van der Waals surface area contributed by atoms with Gasteiger partial charge in [-0.25, -0.2) is 4.79 Å². The molecule has 0 N–H and O–H groups in total. The summed E-state index contributed by atoms with van der Waals surface area (Å²) in [6, 6.07) is 17.5. The summed E-state index contributed by atoms with van der Waals surface area (Å²) >= 11 is 0. The number of piperazine rings is 1. The third-order valence-corrected chi connectivity index (χ3v) is 4.40. The van der Waals surface area contributed by atoms with E-state index < -0.39 is 0 Å². The molecule has 1 aliphatic rings. The third-order valence-electron chi connectivity index (χ3n) is 4.40. The van der Waals surface area contributed by atoms with Crippen molar-refractivity contribution in [3.8, 4) is 0 Å². The average molecular weight is 324 g/mol. The maximum Gasteiger partial charge on any atom is 0.338 e. The highest BCUT2D eigenvalue weighted by molar-refractivity contribution is 5.89. The summed E-state index contributed by atoms with van der Waals surface area (Å²) in [5, 5.41) is 0. The predicted molar refractivity (Wildman–Crippen MR) is 94.8 cm³/mol. The van der Waals surface area contributed by atoms with Crippen molar-refractivity contribution in [2.75, 3.05) is 33.2 Å². The summed E-state index contributed by atoms with van der Waals surface area (Å²) in [5.74, 6) is -0.273. The van der Waals surface area contributed by atoms with Crippen molar-refractivity contribution in [3.63, 3.8) is 0 Å². The number of hydrogen-bond donors (Lipinski definition) is 0. The van der Waals surface area contributed by atoms with Crippen LogP contribution in [-0.2, 0) is 17.9 Å². The quantitative estimate of drug-likeness (QED) is 0.792. The lowest BCUT2D eigenvalue weighted by Crippen LogP contribution is -2.43. The number of benzene rings is 2. The van der Waals surface area contributed by atoms with E-state index in [0.717, 1.165) is 38.3 Å². The largest absolute Gasteiger partial charge is 0.457 e. The molecule has 0 aliphatic carbocycles. The first kappa shape index (κ1) is 16.7.